The summed E-state index contributed by atoms with van der Waals surface area (Å²) in [4.78, 5) is 0. The normalized spacial score (nSPS) is 14.7. The maximum Gasteiger partial charge on any atom is 0.118 e. The Labute approximate surface area is 92.6 Å². The van der Waals surface area contributed by atoms with E-state index < -0.39 is 0 Å². The van der Waals surface area contributed by atoms with Crippen molar-refractivity contribution < 1.29 is 4.74 Å². The van der Waals surface area contributed by atoms with Gasteiger partial charge >= 0.3 is 0 Å². The van der Waals surface area contributed by atoms with Crippen LogP contribution >= 0.6 is 0 Å². The molecule has 84 valence electrons. The third-order valence-corrected chi connectivity index (χ3v) is 2.76. The van der Waals surface area contributed by atoms with E-state index in [0.717, 1.165) is 12.2 Å². The van der Waals surface area contributed by atoms with Crippen LogP contribution in [0.3, 0.4) is 0 Å². The van der Waals surface area contributed by atoms with Gasteiger partial charge in [0.1, 0.15) is 5.75 Å². The molecule has 0 aliphatic heterocycles. The molecule has 1 rings (SSSR count). The molecule has 0 aliphatic rings. The molecule has 1 N–H and O–H groups in total. The predicted octanol–water partition coefficient (Wildman–Crippen LogP) is 3.14. The maximum absolute atomic E-state index is 5.13. The minimum absolute atomic E-state index is 0.394. The number of rotatable bonds is 5. The van der Waals surface area contributed by atoms with Gasteiger partial charge in [-0.25, -0.2) is 0 Å². The SMILES string of the molecule is CCC(C)N[C@@H](C)c1ccc(OC)cc1. The van der Waals surface area contributed by atoms with Crippen LogP contribution in [-0.2, 0) is 0 Å². The first kappa shape index (κ1) is 12.1. The van der Waals surface area contributed by atoms with Gasteiger partial charge < -0.3 is 10.1 Å². The first-order valence-electron chi connectivity index (χ1n) is 5.57. The number of benzene rings is 1. The van der Waals surface area contributed by atoms with E-state index in [1.165, 1.54) is 5.56 Å². The van der Waals surface area contributed by atoms with Crippen LogP contribution in [0.1, 0.15) is 38.8 Å². The molecule has 15 heavy (non-hydrogen) atoms. The highest BCUT2D eigenvalue weighted by molar-refractivity contribution is 5.28. The molecule has 2 atom stereocenters. The van der Waals surface area contributed by atoms with E-state index in [0.29, 0.717) is 12.1 Å². The largest absolute Gasteiger partial charge is 0.497 e. The van der Waals surface area contributed by atoms with E-state index in [-0.39, 0.29) is 0 Å². The lowest BCUT2D eigenvalue weighted by atomic mass is 10.1. The molecule has 1 aromatic carbocycles. The van der Waals surface area contributed by atoms with Crippen molar-refractivity contribution in [2.75, 3.05) is 7.11 Å². The number of hydrogen-bond acceptors (Lipinski definition) is 2. The average Bonchev–Trinajstić information content (AvgIpc) is 2.29. The van der Waals surface area contributed by atoms with Gasteiger partial charge in [0.25, 0.3) is 0 Å². The zero-order valence-corrected chi connectivity index (χ0v) is 10.1. The third kappa shape index (κ3) is 3.56. The van der Waals surface area contributed by atoms with Gasteiger partial charge in [-0.1, -0.05) is 19.1 Å². The standard InChI is InChI=1S/C13H21NO/c1-5-10(2)14-11(3)12-6-8-13(15-4)9-7-12/h6-11,14H,5H2,1-4H3/t10?,11-/m0/s1. The molecular weight excluding hydrogens is 186 g/mol. The van der Waals surface area contributed by atoms with Crippen LogP contribution in [0.25, 0.3) is 0 Å². The molecule has 1 aromatic rings. The summed E-state index contributed by atoms with van der Waals surface area (Å²) >= 11 is 0. The second-order valence-electron chi connectivity index (χ2n) is 3.97. The summed E-state index contributed by atoms with van der Waals surface area (Å²) in [6.07, 6.45) is 1.15. The summed E-state index contributed by atoms with van der Waals surface area (Å²) in [5, 5.41) is 3.54. The number of methoxy groups -OCH3 is 1. The topological polar surface area (TPSA) is 21.3 Å². The fourth-order valence-electron chi connectivity index (χ4n) is 1.53. The van der Waals surface area contributed by atoms with E-state index >= 15 is 0 Å². The molecule has 0 fully saturated rings. The molecule has 2 nitrogen and oxygen atoms in total. The molecule has 0 saturated carbocycles. The Hall–Kier alpha value is -1.02. The Kier molecular flexibility index (Phi) is 4.63. The monoisotopic (exact) mass is 207 g/mol. The number of ether oxygens (including phenoxy) is 1. The summed E-state index contributed by atoms with van der Waals surface area (Å²) in [7, 11) is 1.69. The van der Waals surface area contributed by atoms with Crippen LogP contribution in [0.15, 0.2) is 24.3 Å². The van der Waals surface area contributed by atoms with Crippen molar-refractivity contribution in [2.24, 2.45) is 0 Å². The maximum atomic E-state index is 5.13. The fourth-order valence-corrected chi connectivity index (χ4v) is 1.53. The Morgan fingerprint density at radius 2 is 1.80 bits per heavy atom. The van der Waals surface area contributed by atoms with Crippen LogP contribution in [0.2, 0.25) is 0 Å². The van der Waals surface area contributed by atoms with Crippen LogP contribution in [0, 0.1) is 0 Å². The van der Waals surface area contributed by atoms with Crippen molar-refractivity contribution in [3.8, 4) is 5.75 Å². The average molecular weight is 207 g/mol. The van der Waals surface area contributed by atoms with Gasteiger partial charge in [-0.3, -0.25) is 0 Å². The molecule has 0 heterocycles. The summed E-state index contributed by atoms with van der Waals surface area (Å²) < 4.78 is 5.13. The summed E-state index contributed by atoms with van der Waals surface area (Å²) in [6.45, 7) is 6.59. The van der Waals surface area contributed by atoms with Crippen molar-refractivity contribution in [3.63, 3.8) is 0 Å². The summed E-state index contributed by atoms with van der Waals surface area (Å²) in [5.41, 5.74) is 1.30. The van der Waals surface area contributed by atoms with Gasteiger partial charge in [0.15, 0.2) is 0 Å². The number of nitrogens with one attached hydrogen (secondary N) is 1. The molecule has 0 aliphatic carbocycles. The Morgan fingerprint density at radius 1 is 1.20 bits per heavy atom. The predicted molar refractivity (Wildman–Crippen MR) is 64.3 cm³/mol. The van der Waals surface area contributed by atoms with Crippen molar-refractivity contribution in [2.45, 2.75) is 39.3 Å². The van der Waals surface area contributed by atoms with Gasteiger partial charge in [0, 0.05) is 12.1 Å². The van der Waals surface area contributed by atoms with Gasteiger partial charge in [-0.05, 0) is 38.0 Å². The van der Waals surface area contributed by atoms with Gasteiger partial charge in [0.05, 0.1) is 7.11 Å². The molecular formula is C13H21NO. The molecule has 1 unspecified atom stereocenters. The van der Waals surface area contributed by atoms with Crippen molar-refractivity contribution in [1.29, 1.82) is 0 Å². The van der Waals surface area contributed by atoms with Crippen molar-refractivity contribution in [3.05, 3.63) is 29.8 Å². The second kappa shape index (κ2) is 5.76. The Morgan fingerprint density at radius 3 is 2.27 bits per heavy atom. The zero-order valence-electron chi connectivity index (χ0n) is 10.1. The molecule has 0 bridgehead atoms. The van der Waals surface area contributed by atoms with Crippen LogP contribution in [0.5, 0.6) is 5.75 Å². The fraction of sp³-hybridized carbons (Fsp3) is 0.538. The minimum atomic E-state index is 0.394. The molecule has 2 heteroatoms. The molecule has 0 saturated heterocycles. The van der Waals surface area contributed by atoms with Gasteiger partial charge in [0.2, 0.25) is 0 Å². The van der Waals surface area contributed by atoms with Gasteiger partial charge in [-0.15, -0.1) is 0 Å². The van der Waals surface area contributed by atoms with Crippen LogP contribution in [0.4, 0.5) is 0 Å². The molecule has 0 radical (unpaired) electrons. The molecule has 0 spiro atoms. The number of hydrogen-bond donors (Lipinski definition) is 1. The Balaban J connectivity index is 2.61. The first-order chi connectivity index (χ1) is 7.17. The van der Waals surface area contributed by atoms with E-state index in [9.17, 15) is 0 Å². The highest BCUT2D eigenvalue weighted by atomic mass is 16.5. The van der Waals surface area contributed by atoms with E-state index in [2.05, 4.69) is 38.2 Å². The molecule has 0 amide bonds. The highest BCUT2D eigenvalue weighted by Gasteiger charge is 2.07. The third-order valence-electron chi connectivity index (χ3n) is 2.76. The minimum Gasteiger partial charge on any atom is -0.497 e. The van der Waals surface area contributed by atoms with E-state index in [1.54, 1.807) is 7.11 Å². The lowest BCUT2D eigenvalue weighted by Crippen LogP contribution is -2.28. The van der Waals surface area contributed by atoms with E-state index in [4.69, 9.17) is 4.74 Å². The van der Waals surface area contributed by atoms with Crippen molar-refractivity contribution >= 4 is 0 Å². The highest BCUT2D eigenvalue weighted by Crippen LogP contribution is 2.17. The Bertz CT molecular complexity index is 281. The van der Waals surface area contributed by atoms with Crippen LogP contribution < -0.4 is 10.1 Å². The zero-order chi connectivity index (χ0) is 11.3. The second-order valence-corrected chi connectivity index (χ2v) is 3.97. The quantitative estimate of drug-likeness (QED) is 0.801. The van der Waals surface area contributed by atoms with Gasteiger partial charge in [-0.2, -0.15) is 0 Å². The molecule has 0 aromatic heterocycles. The summed E-state index contributed by atoms with van der Waals surface area (Å²) in [5.74, 6) is 0.912. The van der Waals surface area contributed by atoms with Crippen LogP contribution in [-0.4, -0.2) is 13.2 Å². The first-order valence-corrected chi connectivity index (χ1v) is 5.57. The smallest absolute Gasteiger partial charge is 0.118 e. The lowest BCUT2D eigenvalue weighted by Gasteiger charge is -2.19. The lowest BCUT2D eigenvalue weighted by molar-refractivity contribution is 0.414. The van der Waals surface area contributed by atoms with Crippen molar-refractivity contribution in [1.82, 2.24) is 5.32 Å². The summed E-state index contributed by atoms with van der Waals surface area (Å²) in [6, 6.07) is 9.18. The van der Waals surface area contributed by atoms with E-state index in [1.807, 2.05) is 12.1 Å².